The molecule has 0 spiro atoms. The fourth-order valence-electron chi connectivity index (χ4n) is 4.43. The lowest BCUT2D eigenvalue weighted by Gasteiger charge is -2.25. The lowest BCUT2D eigenvalue weighted by molar-refractivity contribution is -0.118. The van der Waals surface area contributed by atoms with Gasteiger partial charge in [-0.2, -0.15) is 5.10 Å². The molecule has 1 amide bonds. The summed E-state index contributed by atoms with van der Waals surface area (Å²) in [4.78, 5) is 12.6. The van der Waals surface area contributed by atoms with Crippen LogP contribution in [0.3, 0.4) is 0 Å². The van der Waals surface area contributed by atoms with Gasteiger partial charge in [-0.3, -0.25) is 9.36 Å². The van der Waals surface area contributed by atoms with E-state index in [9.17, 15) is 4.79 Å². The van der Waals surface area contributed by atoms with E-state index in [1.165, 1.54) is 42.8 Å². The van der Waals surface area contributed by atoms with E-state index >= 15 is 0 Å². The minimum Gasteiger partial charge on any atom is -0.496 e. The second-order valence-electron chi connectivity index (χ2n) is 8.87. The number of aryl methyl sites for hydroxylation is 1. The van der Waals surface area contributed by atoms with E-state index in [0.29, 0.717) is 28.9 Å². The molecule has 0 saturated heterocycles. The van der Waals surface area contributed by atoms with E-state index in [-0.39, 0.29) is 11.7 Å². The highest BCUT2D eigenvalue weighted by molar-refractivity contribution is 7.99. The molecule has 1 aliphatic carbocycles. The number of thioether (sulfide) groups is 1. The monoisotopic (exact) mass is 523 g/mol. The van der Waals surface area contributed by atoms with Crippen LogP contribution in [0.25, 0.3) is 11.4 Å². The molecule has 10 heteroatoms. The summed E-state index contributed by atoms with van der Waals surface area (Å²) >= 11 is 1.37. The third-order valence-corrected chi connectivity index (χ3v) is 7.32. The Morgan fingerprint density at radius 3 is 2.38 bits per heavy atom. The van der Waals surface area contributed by atoms with Gasteiger partial charge in [0.05, 0.1) is 33.3 Å². The van der Waals surface area contributed by atoms with Crippen LogP contribution in [0.2, 0.25) is 0 Å². The number of hydrogen-bond acceptors (Lipinski definition) is 8. The van der Waals surface area contributed by atoms with Crippen LogP contribution in [-0.2, 0) is 4.79 Å². The standard InChI is InChI=1S/C27H33N5O4S/c1-18-10-12-19(13-11-18)26-30-31-27(32(26)21-8-6-5-7-9-21)37-17-25(33)29-28-16-20-14-23(35-3)24(36-4)15-22(20)34-2/h10-16,21H,5-9,17H2,1-4H3,(H,29,33). The lowest BCUT2D eigenvalue weighted by Crippen LogP contribution is -2.20. The summed E-state index contributed by atoms with van der Waals surface area (Å²) in [5, 5.41) is 13.8. The number of benzene rings is 2. The van der Waals surface area contributed by atoms with E-state index in [0.717, 1.165) is 29.4 Å². The predicted octanol–water partition coefficient (Wildman–Crippen LogP) is 5.03. The molecule has 1 fully saturated rings. The van der Waals surface area contributed by atoms with Crippen LogP contribution in [0.5, 0.6) is 17.2 Å². The quantitative estimate of drug-likeness (QED) is 0.226. The van der Waals surface area contributed by atoms with Crippen molar-refractivity contribution in [2.24, 2.45) is 5.10 Å². The first-order valence-corrected chi connectivity index (χ1v) is 13.3. The minimum absolute atomic E-state index is 0.166. The molecule has 0 atom stereocenters. The van der Waals surface area contributed by atoms with Crippen molar-refractivity contribution in [3.05, 3.63) is 47.5 Å². The van der Waals surface area contributed by atoms with Crippen molar-refractivity contribution >= 4 is 23.9 Å². The number of rotatable bonds is 10. The molecule has 0 radical (unpaired) electrons. The van der Waals surface area contributed by atoms with Gasteiger partial charge in [0.25, 0.3) is 5.91 Å². The maximum Gasteiger partial charge on any atom is 0.250 e. The first-order chi connectivity index (χ1) is 18.0. The topological polar surface area (TPSA) is 99.9 Å². The number of aromatic nitrogens is 3. The zero-order chi connectivity index (χ0) is 26.2. The Balaban J connectivity index is 1.45. The van der Waals surface area contributed by atoms with Crippen LogP contribution in [-0.4, -0.2) is 54.0 Å². The molecule has 1 saturated carbocycles. The summed E-state index contributed by atoms with van der Waals surface area (Å²) in [6.07, 6.45) is 7.34. The zero-order valence-electron chi connectivity index (χ0n) is 21.7. The van der Waals surface area contributed by atoms with Crippen molar-refractivity contribution in [2.45, 2.75) is 50.2 Å². The lowest BCUT2D eigenvalue weighted by atomic mass is 9.95. The molecule has 1 aliphatic rings. The molecular formula is C27H33N5O4S. The summed E-state index contributed by atoms with van der Waals surface area (Å²) < 4.78 is 18.3. The second-order valence-corrected chi connectivity index (χ2v) is 9.81. The molecule has 1 N–H and O–H groups in total. The highest BCUT2D eigenvalue weighted by Crippen LogP contribution is 2.36. The highest BCUT2D eigenvalue weighted by atomic mass is 32.2. The number of carbonyl (C=O) groups is 1. The van der Waals surface area contributed by atoms with Crippen molar-refractivity contribution in [3.8, 4) is 28.6 Å². The van der Waals surface area contributed by atoms with Gasteiger partial charge in [-0.25, -0.2) is 5.43 Å². The highest BCUT2D eigenvalue weighted by Gasteiger charge is 2.24. The number of ether oxygens (including phenoxy) is 3. The van der Waals surface area contributed by atoms with Gasteiger partial charge in [-0.15, -0.1) is 10.2 Å². The van der Waals surface area contributed by atoms with E-state index in [4.69, 9.17) is 14.2 Å². The zero-order valence-corrected chi connectivity index (χ0v) is 22.5. The van der Waals surface area contributed by atoms with Crippen molar-refractivity contribution in [3.63, 3.8) is 0 Å². The number of carbonyl (C=O) groups excluding carboxylic acids is 1. The molecule has 3 aromatic rings. The van der Waals surface area contributed by atoms with Gasteiger partial charge in [0.1, 0.15) is 5.75 Å². The van der Waals surface area contributed by atoms with Crippen molar-refractivity contribution in [1.82, 2.24) is 20.2 Å². The van der Waals surface area contributed by atoms with E-state index in [1.807, 2.05) is 0 Å². The maximum absolute atomic E-state index is 12.6. The summed E-state index contributed by atoms with van der Waals surface area (Å²) in [6, 6.07) is 12.1. The smallest absolute Gasteiger partial charge is 0.250 e. The molecule has 37 heavy (non-hydrogen) atoms. The van der Waals surface area contributed by atoms with Crippen molar-refractivity contribution in [1.29, 1.82) is 0 Å². The Morgan fingerprint density at radius 2 is 1.70 bits per heavy atom. The fraction of sp³-hybridized carbons (Fsp3) is 0.407. The molecule has 0 bridgehead atoms. The molecule has 9 nitrogen and oxygen atoms in total. The Bertz CT molecular complexity index is 1240. The van der Waals surface area contributed by atoms with Crippen molar-refractivity contribution < 1.29 is 19.0 Å². The summed E-state index contributed by atoms with van der Waals surface area (Å²) in [5.74, 6) is 2.42. The van der Waals surface area contributed by atoms with Crippen LogP contribution in [0.4, 0.5) is 0 Å². The minimum atomic E-state index is -0.240. The van der Waals surface area contributed by atoms with E-state index < -0.39 is 0 Å². The number of hydrogen-bond donors (Lipinski definition) is 1. The van der Waals surface area contributed by atoms with Crippen LogP contribution in [0.1, 0.15) is 49.3 Å². The van der Waals surface area contributed by atoms with Gasteiger partial charge in [0.2, 0.25) is 0 Å². The fourth-order valence-corrected chi connectivity index (χ4v) is 5.23. The number of methoxy groups -OCH3 is 3. The molecule has 4 rings (SSSR count). The first kappa shape index (κ1) is 26.5. The van der Waals surface area contributed by atoms with Gasteiger partial charge in [0, 0.05) is 23.2 Å². The van der Waals surface area contributed by atoms with Gasteiger partial charge in [-0.1, -0.05) is 60.9 Å². The second kappa shape index (κ2) is 12.6. The van der Waals surface area contributed by atoms with Gasteiger partial charge in [-0.05, 0) is 25.8 Å². The molecule has 0 unspecified atom stereocenters. The van der Waals surface area contributed by atoms with Crippen LogP contribution >= 0.6 is 11.8 Å². The Labute approximate surface area is 221 Å². The Hall–Kier alpha value is -3.53. The summed E-state index contributed by atoms with van der Waals surface area (Å²) in [7, 11) is 4.67. The average molecular weight is 524 g/mol. The largest absolute Gasteiger partial charge is 0.496 e. The molecular weight excluding hydrogens is 490 g/mol. The number of nitrogens with one attached hydrogen (secondary N) is 1. The summed E-state index contributed by atoms with van der Waals surface area (Å²) in [6.45, 7) is 2.07. The third-order valence-electron chi connectivity index (χ3n) is 6.38. The summed E-state index contributed by atoms with van der Waals surface area (Å²) in [5.41, 5.74) is 5.47. The number of amides is 1. The third kappa shape index (κ3) is 6.43. The normalized spacial score (nSPS) is 14.1. The van der Waals surface area contributed by atoms with Crippen LogP contribution < -0.4 is 19.6 Å². The Morgan fingerprint density at radius 1 is 1.03 bits per heavy atom. The van der Waals surface area contributed by atoms with Gasteiger partial charge >= 0.3 is 0 Å². The van der Waals surface area contributed by atoms with E-state index in [2.05, 4.69) is 56.5 Å². The van der Waals surface area contributed by atoms with Crippen LogP contribution in [0.15, 0.2) is 46.7 Å². The van der Waals surface area contributed by atoms with Crippen molar-refractivity contribution in [2.75, 3.05) is 27.1 Å². The number of hydrazone groups is 1. The predicted molar refractivity (Wildman–Crippen MR) is 145 cm³/mol. The Kier molecular flexibility index (Phi) is 9.05. The molecule has 2 aromatic carbocycles. The molecule has 0 aliphatic heterocycles. The molecule has 1 heterocycles. The van der Waals surface area contributed by atoms with Crippen LogP contribution in [0, 0.1) is 6.92 Å². The molecule has 196 valence electrons. The molecule has 1 aromatic heterocycles. The van der Waals surface area contributed by atoms with Gasteiger partial charge in [0.15, 0.2) is 22.5 Å². The maximum atomic E-state index is 12.6. The number of nitrogens with zero attached hydrogens (tertiary/aromatic N) is 4. The SMILES string of the molecule is COc1cc(OC)c(OC)cc1C=NNC(=O)CSc1nnc(-c2ccc(C)cc2)n1C1CCCCC1. The average Bonchev–Trinajstić information content (AvgIpc) is 3.36. The van der Waals surface area contributed by atoms with E-state index in [1.54, 1.807) is 33.5 Å². The first-order valence-electron chi connectivity index (χ1n) is 12.3. The van der Waals surface area contributed by atoms with Gasteiger partial charge < -0.3 is 14.2 Å².